The van der Waals surface area contributed by atoms with E-state index in [0.717, 1.165) is 54.3 Å². The molecule has 1 aromatic heterocycles. The highest BCUT2D eigenvalue weighted by atomic mass is 16.2. The number of carbonyl (C=O) groups is 2. The van der Waals surface area contributed by atoms with Gasteiger partial charge in [0.05, 0.1) is 5.54 Å². The molecule has 5 heteroatoms. The number of hydrogen-bond acceptors (Lipinski definition) is 3. The molecule has 2 saturated carbocycles. The van der Waals surface area contributed by atoms with Gasteiger partial charge < -0.3 is 15.6 Å². The van der Waals surface area contributed by atoms with Crippen molar-refractivity contribution in [3.63, 3.8) is 0 Å². The molecule has 0 saturated heterocycles. The van der Waals surface area contributed by atoms with Crippen LogP contribution in [0.25, 0.3) is 10.9 Å². The molecular weight excluding hydrogens is 326 g/mol. The van der Waals surface area contributed by atoms with Gasteiger partial charge in [0, 0.05) is 35.5 Å². The molecule has 0 bridgehead atoms. The second-order valence-electron chi connectivity index (χ2n) is 8.38. The van der Waals surface area contributed by atoms with Crippen LogP contribution in [0.1, 0.15) is 65.8 Å². The zero-order chi connectivity index (χ0) is 17.9. The third kappa shape index (κ3) is 2.26. The second kappa shape index (κ2) is 5.68. The number of nitrogens with one attached hydrogen (secondary N) is 1. The molecule has 1 aliphatic heterocycles. The number of ketones is 1. The number of nitrogens with zero attached hydrogens (tertiary/aromatic N) is 1. The van der Waals surface area contributed by atoms with Gasteiger partial charge in [-0.1, -0.05) is 18.6 Å². The molecular formula is C21H25N3O2. The summed E-state index contributed by atoms with van der Waals surface area (Å²) in [5.74, 6) is 0.472. The van der Waals surface area contributed by atoms with Crippen molar-refractivity contribution in [1.29, 1.82) is 0 Å². The molecule has 2 fully saturated rings. The van der Waals surface area contributed by atoms with Crippen LogP contribution in [-0.4, -0.2) is 28.8 Å². The lowest BCUT2D eigenvalue weighted by Crippen LogP contribution is -2.55. The second-order valence-corrected chi connectivity index (χ2v) is 8.38. The number of amides is 1. The first-order valence-electron chi connectivity index (χ1n) is 9.80. The van der Waals surface area contributed by atoms with E-state index in [1.54, 1.807) is 0 Å². The summed E-state index contributed by atoms with van der Waals surface area (Å²) >= 11 is 0. The van der Waals surface area contributed by atoms with Crippen molar-refractivity contribution < 1.29 is 9.59 Å². The number of carbonyl (C=O) groups excluding carboxylic acids is 2. The summed E-state index contributed by atoms with van der Waals surface area (Å²) in [5.41, 5.74) is 8.65. The molecule has 136 valence electrons. The van der Waals surface area contributed by atoms with Crippen molar-refractivity contribution in [2.45, 2.75) is 56.5 Å². The van der Waals surface area contributed by atoms with Gasteiger partial charge in [0.25, 0.3) is 5.91 Å². The van der Waals surface area contributed by atoms with Gasteiger partial charge in [0.15, 0.2) is 5.78 Å². The van der Waals surface area contributed by atoms with E-state index < -0.39 is 0 Å². The van der Waals surface area contributed by atoms with Crippen molar-refractivity contribution in [1.82, 2.24) is 9.88 Å². The first-order valence-corrected chi connectivity index (χ1v) is 9.80. The summed E-state index contributed by atoms with van der Waals surface area (Å²) in [6.45, 7) is 0.692. The Morgan fingerprint density at radius 3 is 2.77 bits per heavy atom. The van der Waals surface area contributed by atoms with Gasteiger partial charge in [-0.25, -0.2) is 0 Å². The summed E-state index contributed by atoms with van der Waals surface area (Å²) in [6.07, 6.45) is 7.10. The molecule has 1 aromatic carbocycles. The van der Waals surface area contributed by atoms with Crippen LogP contribution in [0.4, 0.5) is 0 Å². The van der Waals surface area contributed by atoms with E-state index in [0.29, 0.717) is 18.9 Å². The molecule has 5 nitrogen and oxygen atoms in total. The maximum absolute atomic E-state index is 12.8. The Hall–Kier alpha value is -2.14. The highest BCUT2D eigenvalue weighted by Crippen LogP contribution is 2.44. The molecule has 3 N–H and O–H groups in total. The van der Waals surface area contributed by atoms with Crippen LogP contribution in [0.15, 0.2) is 24.3 Å². The minimum absolute atomic E-state index is 0.000467. The maximum atomic E-state index is 12.8. The van der Waals surface area contributed by atoms with E-state index in [1.165, 1.54) is 6.42 Å². The Kier molecular flexibility index (Phi) is 3.51. The number of fused-ring (bicyclic) bond motifs is 4. The molecule has 1 spiro atoms. The average molecular weight is 351 g/mol. The Morgan fingerprint density at radius 2 is 2.08 bits per heavy atom. The largest absolute Gasteiger partial charge is 0.348 e. The number of Topliss-reactive ketones (excluding diaryl/α,β-unsaturated/α-hetero) is 1. The van der Waals surface area contributed by atoms with Crippen LogP contribution in [0, 0.1) is 5.92 Å². The van der Waals surface area contributed by atoms with Gasteiger partial charge in [-0.05, 0) is 50.2 Å². The number of hydrogen-bond donors (Lipinski definition) is 2. The summed E-state index contributed by atoms with van der Waals surface area (Å²) in [6, 6.07) is 8.02. The first kappa shape index (κ1) is 16.1. The van der Waals surface area contributed by atoms with E-state index in [9.17, 15) is 9.59 Å². The normalized spacial score (nSPS) is 26.6. The smallest absolute Gasteiger partial charge is 0.268 e. The zero-order valence-corrected chi connectivity index (χ0v) is 15.0. The van der Waals surface area contributed by atoms with Crippen molar-refractivity contribution in [2.24, 2.45) is 11.7 Å². The SMILES string of the molecule is NC1CCCC1CC(=O)c1ccc2cc3n(c2c1)C1(CCC1)CNC3=O. The Balaban J connectivity index is 1.54. The molecule has 2 heterocycles. The van der Waals surface area contributed by atoms with Crippen molar-refractivity contribution >= 4 is 22.6 Å². The van der Waals surface area contributed by atoms with E-state index in [4.69, 9.17) is 5.73 Å². The molecule has 5 rings (SSSR count). The van der Waals surface area contributed by atoms with Gasteiger partial charge in [-0.15, -0.1) is 0 Å². The lowest BCUT2D eigenvalue weighted by Gasteiger charge is -2.47. The average Bonchev–Trinajstić information content (AvgIpc) is 3.18. The minimum atomic E-state index is -0.0106. The quantitative estimate of drug-likeness (QED) is 0.835. The van der Waals surface area contributed by atoms with Gasteiger partial charge in [-0.3, -0.25) is 9.59 Å². The van der Waals surface area contributed by atoms with Crippen molar-refractivity contribution in [3.05, 3.63) is 35.5 Å². The van der Waals surface area contributed by atoms with Crippen LogP contribution in [0.2, 0.25) is 0 Å². The lowest BCUT2D eigenvalue weighted by molar-refractivity contribution is 0.0763. The molecule has 2 unspecified atom stereocenters. The molecule has 1 amide bonds. The summed E-state index contributed by atoms with van der Waals surface area (Å²) in [5, 5.41) is 4.08. The van der Waals surface area contributed by atoms with Crippen LogP contribution in [0.5, 0.6) is 0 Å². The maximum Gasteiger partial charge on any atom is 0.268 e. The van der Waals surface area contributed by atoms with Crippen LogP contribution in [-0.2, 0) is 5.54 Å². The fourth-order valence-corrected chi connectivity index (χ4v) is 5.13. The number of benzene rings is 1. The lowest BCUT2D eigenvalue weighted by atomic mass is 9.75. The molecule has 2 aromatic rings. The van der Waals surface area contributed by atoms with E-state index in [2.05, 4.69) is 9.88 Å². The van der Waals surface area contributed by atoms with Gasteiger partial charge in [-0.2, -0.15) is 0 Å². The van der Waals surface area contributed by atoms with E-state index >= 15 is 0 Å². The van der Waals surface area contributed by atoms with Crippen molar-refractivity contribution in [3.8, 4) is 0 Å². The molecule has 2 atom stereocenters. The Morgan fingerprint density at radius 1 is 1.23 bits per heavy atom. The summed E-state index contributed by atoms with van der Waals surface area (Å²) in [7, 11) is 0. The number of aromatic nitrogens is 1. The number of rotatable bonds is 3. The predicted molar refractivity (Wildman–Crippen MR) is 100 cm³/mol. The fourth-order valence-electron chi connectivity index (χ4n) is 5.13. The van der Waals surface area contributed by atoms with Crippen LogP contribution >= 0.6 is 0 Å². The summed E-state index contributed by atoms with van der Waals surface area (Å²) in [4.78, 5) is 25.2. The number of nitrogens with two attached hydrogens (primary N) is 1. The van der Waals surface area contributed by atoms with Gasteiger partial charge >= 0.3 is 0 Å². The van der Waals surface area contributed by atoms with Crippen molar-refractivity contribution in [2.75, 3.05) is 6.54 Å². The Bertz CT molecular complexity index is 909. The highest BCUT2D eigenvalue weighted by Gasteiger charge is 2.44. The minimum Gasteiger partial charge on any atom is -0.348 e. The third-order valence-electron chi connectivity index (χ3n) is 6.86. The molecule has 0 radical (unpaired) electrons. The highest BCUT2D eigenvalue weighted by molar-refractivity contribution is 6.03. The van der Waals surface area contributed by atoms with Crippen LogP contribution < -0.4 is 11.1 Å². The monoisotopic (exact) mass is 351 g/mol. The fraction of sp³-hybridized carbons (Fsp3) is 0.524. The van der Waals surface area contributed by atoms with Crippen LogP contribution in [0.3, 0.4) is 0 Å². The first-order chi connectivity index (χ1) is 12.6. The van der Waals surface area contributed by atoms with E-state index in [-0.39, 0.29) is 23.3 Å². The third-order valence-corrected chi connectivity index (χ3v) is 6.86. The molecule has 26 heavy (non-hydrogen) atoms. The topological polar surface area (TPSA) is 77.1 Å². The van der Waals surface area contributed by atoms with E-state index in [1.807, 2.05) is 24.3 Å². The predicted octanol–water partition coefficient (Wildman–Crippen LogP) is 2.96. The summed E-state index contributed by atoms with van der Waals surface area (Å²) < 4.78 is 2.21. The zero-order valence-electron chi connectivity index (χ0n) is 15.0. The standard InChI is InChI=1S/C21H25N3O2/c22-16-4-1-3-13(16)11-19(25)15-6-5-14-9-18-20(26)23-12-21(7-2-8-21)24(18)17(14)10-15/h5-6,9-10,13,16H,1-4,7-8,11-12,22H2,(H,23,26). The Labute approximate surface area is 152 Å². The molecule has 2 aliphatic carbocycles. The van der Waals surface area contributed by atoms with Gasteiger partial charge in [0.2, 0.25) is 0 Å². The molecule has 3 aliphatic rings. The van der Waals surface area contributed by atoms with Gasteiger partial charge in [0.1, 0.15) is 5.69 Å².